The van der Waals surface area contributed by atoms with Gasteiger partial charge >= 0.3 is 5.97 Å². The Labute approximate surface area is 103 Å². The Morgan fingerprint density at radius 1 is 1.29 bits per heavy atom. The van der Waals surface area contributed by atoms with Crippen molar-refractivity contribution in [2.75, 3.05) is 46.9 Å². The van der Waals surface area contributed by atoms with Gasteiger partial charge in [0.1, 0.15) is 0 Å². The molecule has 2 atom stereocenters. The van der Waals surface area contributed by atoms with E-state index in [-0.39, 0.29) is 12.0 Å². The van der Waals surface area contributed by atoms with Gasteiger partial charge in [-0.2, -0.15) is 0 Å². The molecule has 0 aliphatic carbocycles. The summed E-state index contributed by atoms with van der Waals surface area (Å²) in [5, 5.41) is 9.16. The quantitative estimate of drug-likeness (QED) is 0.701. The van der Waals surface area contributed by atoms with Crippen molar-refractivity contribution < 1.29 is 14.6 Å². The Morgan fingerprint density at radius 3 is 2.53 bits per heavy atom. The van der Waals surface area contributed by atoms with Crippen LogP contribution in [0, 0.1) is 5.92 Å². The molecule has 1 aliphatic heterocycles. The van der Waals surface area contributed by atoms with Crippen molar-refractivity contribution in [1.82, 2.24) is 9.80 Å². The molecule has 1 N–H and O–H groups in total. The summed E-state index contributed by atoms with van der Waals surface area (Å²) < 4.78 is 5.33. The predicted octanol–water partition coefficient (Wildman–Crippen LogP) is 0.360. The summed E-state index contributed by atoms with van der Waals surface area (Å²) in [6, 6.07) is 0.0346. The Kier molecular flexibility index (Phi) is 5.88. The summed E-state index contributed by atoms with van der Waals surface area (Å²) in [5.41, 5.74) is 0. The lowest BCUT2D eigenvalue weighted by molar-refractivity contribution is -0.143. The van der Waals surface area contributed by atoms with Gasteiger partial charge in [-0.3, -0.25) is 9.69 Å². The van der Waals surface area contributed by atoms with Crippen LogP contribution in [0.15, 0.2) is 0 Å². The van der Waals surface area contributed by atoms with Crippen LogP contribution in [0.2, 0.25) is 0 Å². The highest BCUT2D eigenvalue weighted by molar-refractivity contribution is 5.71. The molecule has 0 aromatic carbocycles. The van der Waals surface area contributed by atoms with Crippen molar-refractivity contribution in [2.24, 2.45) is 5.92 Å². The van der Waals surface area contributed by atoms with Gasteiger partial charge < -0.3 is 14.7 Å². The lowest BCUT2D eigenvalue weighted by Gasteiger charge is -2.30. The second kappa shape index (κ2) is 6.93. The number of nitrogens with zero attached hydrogens (tertiary/aromatic N) is 2. The van der Waals surface area contributed by atoms with Crippen LogP contribution < -0.4 is 0 Å². The highest BCUT2D eigenvalue weighted by Crippen LogP contribution is 2.20. The van der Waals surface area contributed by atoms with Gasteiger partial charge in [-0.15, -0.1) is 0 Å². The molecular formula is C12H24N2O3. The smallest absolute Gasteiger partial charge is 0.310 e. The van der Waals surface area contributed by atoms with E-state index >= 15 is 0 Å². The average Bonchev–Trinajstić information content (AvgIpc) is 2.72. The second-order valence-electron chi connectivity index (χ2n) is 4.89. The number of carboxylic acid groups (broad SMARTS) is 1. The van der Waals surface area contributed by atoms with Crippen LogP contribution in [-0.2, 0) is 9.53 Å². The Hall–Kier alpha value is -0.650. The highest BCUT2D eigenvalue weighted by atomic mass is 16.5. The number of hydrogen-bond donors (Lipinski definition) is 1. The molecule has 5 nitrogen and oxygen atoms in total. The molecule has 0 radical (unpaired) electrons. The molecule has 0 spiro atoms. The fourth-order valence-electron chi connectivity index (χ4n) is 2.20. The predicted molar refractivity (Wildman–Crippen MR) is 66.2 cm³/mol. The minimum Gasteiger partial charge on any atom is -0.481 e. The SMILES string of the molecule is CCCN(CCN(C)C)C1COCC1C(=O)O. The summed E-state index contributed by atoms with van der Waals surface area (Å²) in [4.78, 5) is 15.5. The number of carbonyl (C=O) groups is 1. The van der Waals surface area contributed by atoms with Crippen LogP contribution in [0.25, 0.3) is 0 Å². The molecule has 0 bridgehead atoms. The van der Waals surface area contributed by atoms with Gasteiger partial charge in [0.05, 0.1) is 19.1 Å². The molecule has 5 heteroatoms. The standard InChI is InChI=1S/C12H24N2O3/c1-4-5-14(7-6-13(2)3)11-9-17-8-10(11)12(15)16/h10-11H,4-9H2,1-3H3,(H,15,16). The van der Waals surface area contributed by atoms with Crippen LogP contribution >= 0.6 is 0 Å². The summed E-state index contributed by atoms with van der Waals surface area (Å²) in [6.45, 7) is 5.80. The third kappa shape index (κ3) is 4.26. The lowest BCUT2D eigenvalue weighted by atomic mass is 10.0. The number of rotatable bonds is 7. The van der Waals surface area contributed by atoms with E-state index in [1.54, 1.807) is 0 Å². The molecule has 0 amide bonds. The normalized spacial score (nSPS) is 24.8. The number of aliphatic carboxylic acids is 1. The summed E-state index contributed by atoms with van der Waals surface area (Å²) >= 11 is 0. The van der Waals surface area contributed by atoms with Gasteiger partial charge in [0.15, 0.2) is 0 Å². The Balaban J connectivity index is 2.58. The van der Waals surface area contributed by atoms with E-state index in [0.717, 1.165) is 26.1 Å². The van der Waals surface area contributed by atoms with Crippen molar-refractivity contribution >= 4 is 5.97 Å². The maximum atomic E-state index is 11.1. The van der Waals surface area contributed by atoms with Crippen molar-refractivity contribution in [3.8, 4) is 0 Å². The minimum atomic E-state index is -0.738. The van der Waals surface area contributed by atoms with Crippen LogP contribution in [-0.4, -0.2) is 73.9 Å². The van der Waals surface area contributed by atoms with Gasteiger partial charge in [-0.1, -0.05) is 6.92 Å². The van der Waals surface area contributed by atoms with Crippen LogP contribution in [0.4, 0.5) is 0 Å². The average molecular weight is 244 g/mol. The largest absolute Gasteiger partial charge is 0.481 e. The molecule has 17 heavy (non-hydrogen) atoms. The molecule has 1 fully saturated rings. The topological polar surface area (TPSA) is 53.0 Å². The lowest BCUT2D eigenvalue weighted by Crippen LogP contribution is -2.46. The molecule has 0 aromatic rings. The van der Waals surface area contributed by atoms with E-state index in [2.05, 4.69) is 16.7 Å². The van der Waals surface area contributed by atoms with E-state index in [4.69, 9.17) is 9.84 Å². The zero-order chi connectivity index (χ0) is 12.8. The molecule has 100 valence electrons. The number of carboxylic acids is 1. The highest BCUT2D eigenvalue weighted by Gasteiger charge is 2.37. The first kappa shape index (κ1) is 14.4. The monoisotopic (exact) mass is 244 g/mol. The van der Waals surface area contributed by atoms with Gasteiger partial charge in [-0.05, 0) is 27.1 Å². The minimum absolute atomic E-state index is 0.0346. The molecular weight excluding hydrogens is 220 g/mol. The van der Waals surface area contributed by atoms with Crippen molar-refractivity contribution in [2.45, 2.75) is 19.4 Å². The molecule has 2 unspecified atom stereocenters. The Bertz CT molecular complexity index is 246. The molecule has 1 saturated heterocycles. The fraction of sp³-hybridized carbons (Fsp3) is 0.917. The first-order valence-corrected chi connectivity index (χ1v) is 6.25. The number of ether oxygens (including phenoxy) is 1. The molecule has 1 aliphatic rings. The van der Waals surface area contributed by atoms with Gasteiger partial charge in [0.2, 0.25) is 0 Å². The zero-order valence-electron chi connectivity index (χ0n) is 11.1. The third-order valence-electron chi connectivity index (χ3n) is 3.18. The second-order valence-corrected chi connectivity index (χ2v) is 4.89. The zero-order valence-corrected chi connectivity index (χ0v) is 11.1. The fourth-order valence-corrected chi connectivity index (χ4v) is 2.20. The molecule has 0 saturated carbocycles. The van der Waals surface area contributed by atoms with Crippen molar-refractivity contribution in [1.29, 1.82) is 0 Å². The van der Waals surface area contributed by atoms with Crippen LogP contribution in [0.1, 0.15) is 13.3 Å². The summed E-state index contributed by atoms with van der Waals surface area (Å²) in [6.07, 6.45) is 1.04. The first-order valence-electron chi connectivity index (χ1n) is 6.25. The van der Waals surface area contributed by atoms with E-state index in [9.17, 15) is 4.79 Å². The number of hydrogen-bond acceptors (Lipinski definition) is 4. The van der Waals surface area contributed by atoms with E-state index in [0.29, 0.717) is 13.2 Å². The summed E-state index contributed by atoms with van der Waals surface area (Å²) in [7, 11) is 4.06. The van der Waals surface area contributed by atoms with Gasteiger partial charge in [-0.25, -0.2) is 0 Å². The molecule has 0 aromatic heterocycles. The maximum Gasteiger partial charge on any atom is 0.310 e. The van der Waals surface area contributed by atoms with Gasteiger partial charge in [0.25, 0.3) is 0 Å². The number of likely N-dealkylation sites (N-methyl/N-ethyl adjacent to an activating group) is 1. The van der Waals surface area contributed by atoms with E-state index in [1.807, 2.05) is 14.1 Å². The van der Waals surface area contributed by atoms with Crippen LogP contribution in [0.5, 0.6) is 0 Å². The first-order chi connectivity index (χ1) is 8.06. The molecule has 1 heterocycles. The van der Waals surface area contributed by atoms with E-state index in [1.165, 1.54) is 0 Å². The maximum absolute atomic E-state index is 11.1. The molecule has 1 rings (SSSR count). The van der Waals surface area contributed by atoms with E-state index < -0.39 is 5.97 Å². The Morgan fingerprint density at radius 2 is 2.00 bits per heavy atom. The van der Waals surface area contributed by atoms with Gasteiger partial charge in [0, 0.05) is 19.1 Å². The summed E-state index contributed by atoms with van der Waals surface area (Å²) in [5.74, 6) is -1.11. The van der Waals surface area contributed by atoms with Crippen molar-refractivity contribution in [3.05, 3.63) is 0 Å². The van der Waals surface area contributed by atoms with Crippen molar-refractivity contribution in [3.63, 3.8) is 0 Å². The van der Waals surface area contributed by atoms with Crippen LogP contribution in [0.3, 0.4) is 0 Å². The third-order valence-corrected chi connectivity index (χ3v) is 3.18.